The maximum absolute atomic E-state index is 8.85. The summed E-state index contributed by atoms with van der Waals surface area (Å²) in [6.07, 6.45) is 1.94. The molecule has 0 fully saturated rings. The number of fused-ring (bicyclic) bond motifs is 1. The highest BCUT2D eigenvalue weighted by Crippen LogP contribution is 2.44. The predicted octanol–water partition coefficient (Wildman–Crippen LogP) is 5.16. The lowest BCUT2D eigenvalue weighted by molar-refractivity contribution is 0.761. The molecule has 0 aliphatic heterocycles. The first-order chi connectivity index (χ1) is 10.2. The number of hydrogen-bond donors (Lipinski definition) is 0. The molecular weight excluding hydrogens is 254 g/mol. The van der Waals surface area contributed by atoms with E-state index in [0.29, 0.717) is 11.5 Å². The molecule has 3 rings (SSSR count). The summed E-state index contributed by atoms with van der Waals surface area (Å²) < 4.78 is 0. The number of benzene rings is 2. The van der Waals surface area contributed by atoms with Crippen molar-refractivity contribution in [2.75, 3.05) is 0 Å². The van der Waals surface area contributed by atoms with E-state index in [0.717, 1.165) is 24.0 Å². The second-order valence-corrected chi connectivity index (χ2v) is 5.59. The number of rotatable bonds is 3. The largest absolute Gasteiger partial charge is 0.192 e. The molecule has 102 valence electrons. The van der Waals surface area contributed by atoms with E-state index in [2.05, 4.69) is 43.5 Å². The molecule has 1 aliphatic carbocycles. The summed E-state index contributed by atoms with van der Waals surface area (Å²) >= 11 is 0. The Bertz CT molecular complexity index is 744. The fourth-order valence-corrected chi connectivity index (χ4v) is 3.07. The number of nitrogens with zero attached hydrogens (tertiary/aromatic N) is 1. The van der Waals surface area contributed by atoms with Crippen LogP contribution in [-0.2, 0) is 0 Å². The molecule has 0 heterocycles. The van der Waals surface area contributed by atoms with Crippen molar-refractivity contribution in [3.8, 4) is 6.07 Å². The molecule has 2 aromatic carbocycles. The zero-order chi connectivity index (χ0) is 14.8. The van der Waals surface area contributed by atoms with Gasteiger partial charge in [0.25, 0.3) is 0 Å². The second kappa shape index (κ2) is 5.42. The molecule has 0 saturated carbocycles. The topological polar surface area (TPSA) is 23.8 Å². The van der Waals surface area contributed by atoms with Crippen LogP contribution in [0.3, 0.4) is 0 Å². The van der Waals surface area contributed by atoms with Crippen LogP contribution in [-0.4, -0.2) is 0 Å². The van der Waals surface area contributed by atoms with Crippen molar-refractivity contribution in [2.24, 2.45) is 0 Å². The van der Waals surface area contributed by atoms with Crippen molar-refractivity contribution < 1.29 is 0 Å². The van der Waals surface area contributed by atoms with Crippen LogP contribution in [0.1, 0.15) is 41.0 Å². The fourth-order valence-electron chi connectivity index (χ4n) is 3.07. The Labute approximate surface area is 125 Å². The zero-order valence-electron chi connectivity index (χ0n) is 12.0. The van der Waals surface area contributed by atoms with Crippen LogP contribution in [0.5, 0.6) is 0 Å². The average molecular weight is 271 g/mol. The minimum atomic E-state index is 0.469. The van der Waals surface area contributed by atoms with Gasteiger partial charge in [-0.2, -0.15) is 5.26 Å². The molecule has 1 nitrogen and oxygen atoms in total. The SMILES string of the molecule is C=C(CC1CC(=C)c2ccccc21)c1ccc(C#N)cc1. The third-order valence-electron chi connectivity index (χ3n) is 4.19. The number of allylic oxidation sites excluding steroid dienone is 2. The Morgan fingerprint density at radius 2 is 1.86 bits per heavy atom. The maximum atomic E-state index is 8.85. The lowest BCUT2D eigenvalue weighted by atomic mass is 9.91. The van der Waals surface area contributed by atoms with E-state index in [1.54, 1.807) is 0 Å². The molecule has 0 saturated heterocycles. The van der Waals surface area contributed by atoms with E-state index in [-0.39, 0.29) is 0 Å². The van der Waals surface area contributed by atoms with Gasteiger partial charge in [0.05, 0.1) is 11.6 Å². The first-order valence-electron chi connectivity index (χ1n) is 7.14. The van der Waals surface area contributed by atoms with Crippen molar-refractivity contribution in [1.82, 2.24) is 0 Å². The highest BCUT2D eigenvalue weighted by Gasteiger charge is 2.25. The molecule has 1 aliphatic rings. The molecule has 0 N–H and O–H groups in total. The van der Waals surface area contributed by atoms with Gasteiger partial charge in [0.15, 0.2) is 0 Å². The normalized spacial score (nSPS) is 16.3. The summed E-state index contributed by atoms with van der Waals surface area (Å²) in [4.78, 5) is 0. The molecule has 2 aromatic rings. The molecule has 1 atom stereocenters. The molecular formula is C20H17N. The van der Waals surface area contributed by atoms with Gasteiger partial charge < -0.3 is 0 Å². The van der Waals surface area contributed by atoms with Gasteiger partial charge in [0, 0.05) is 0 Å². The number of hydrogen-bond acceptors (Lipinski definition) is 1. The molecule has 0 amide bonds. The molecule has 21 heavy (non-hydrogen) atoms. The van der Waals surface area contributed by atoms with Crippen LogP contribution in [0, 0.1) is 11.3 Å². The molecule has 0 aromatic heterocycles. The van der Waals surface area contributed by atoms with Crippen molar-refractivity contribution in [1.29, 1.82) is 5.26 Å². The van der Waals surface area contributed by atoms with Gasteiger partial charge in [0.1, 0.15) is 0 Å². The first-order valence-corrected chi connectivity index (χ1v) is 7.14. The lowest BCUT2D eigenvalue weighted by Crippen LogP contribution is -1.95. The summed E-state index contributed by atoms with van der Waals surface area (Å²) in [7, 11) is 0. The Balaban J connectivity index is 1.80. The molecule has 0 bridgehead atoms. The van der Waals surface area contributed by atoms with Gasteiger partial charge in [-0.3, -0.25) is 0 Å². The third kappa shape index (κ3) is 2.53. The minimum absolute atomic E-state index is 0.469. The molecule has 0 radical (unpaired) electrons. The van der Waals surface area contributed by atoms with Crippen molar-refractivity contribution in [3.05, 3.63) is 83.9 Å². The van der Waals surface area contributed by atoms with E-state index < -0.39 is 0 Å². The standard InChI is InChI=1S/C20H17N/c1-14(17-9-7-16(13-21)8-10-17)11-18-12-15(2)19-5-3-4-6-20(18)19/h3-10,18H,1-2,11-12H2. The van der Waals surface area contributed by atoms with Crippen LogP contribution in [0.2, 0.25) is 0 Å². The van der Waals surface area contributed by atoms with Gasteiger partial charge in [-0.25, -0.2) is 0 Å². The van der Waals surface area contributed by atoms with Crippen LogP contribution < -0.4 is 0 Å². The Morgan fingerprint density at radius 1 is 1.14 bits per heavy atom. The van der Waals surface area contributed by atoms with Crippen molar-refractivity contribution >= 4 is 11.1 Å². The lowest BCUT2D eigenvalue weighted by Gasteiger charge is -2.13. The monoisotopic (exact) mass is 271 g/mol. The van der Waals surface area contributed by atoms with Gasteiger partial charge in [-0.15, -0.1) is 0 Å². The van der Waals surface area contributed by atoms with Crippen LogP contribution >= 0.6 is 0 Å². The maximum Gasteiger partial charge on any atom is 0.0991 e. The first kappa shape index (κ1) is 13.4. The van der Waals surface area contributed by atoms with Crippen LogP contribution in [0.4, 0.5) is 0 Å². The Hall–Kier alpha value is -2.59. The Morgan fingerprint density at radius 3 is 2.57 bits per heavy atom. The highest BCUT2D eigenvalue weighted by molar-refractivity contribution is 5.74. The summed E-state index contributed by atoms with van der Waals surface area (Å²) in [5, 5.41) is 8.85. The third-order valence-corrected chi connectivity index (χ3v) is 4.19. The van der Waals surface area contributed by atoms with Gasteiger partial charge in [-0.05, 0) is 58.7 Å². The molecule has 0 spiro atoms. The summed E-state index contributed by atoms with van der Waals surface area (Å²) in [6, 6.07) is 18.3. The highest BCUT2D eigenvalue weighted by atomic mass is 14.3. The van der Waals surface area contributed by atoms with Crippen LogP contribution in [0.25, 0.3) is 11.1 Å². The summed E-state index contributed by atoms with van der Waals surface area (Å²) in [5.74, 6) is 0.469. The Kier molecular flexibility index (Phi) is 3.46. The quantitative estimate of drug-likeness (QED) is 0.756. The van der Waals surface area contributed by atoms with E-state index in [4.69, 9.17) is 5.26 Å². The molecule has 1 unspecified atom stereocenters. The second-order valence-electron chi connectivity index (χ2n) is 5.59. The van der Waals surface area contributed by atoms with Crippen LogP contribution in [0.15, 0.2) is 61.7 Å². The van der Waals surface area contributed by atoms with E-state index in [1.165, 1.54) is 16.7 Å². The average Bonchev–Trinajstić information content (AvgIpc) is 2.84. The number of nitriles is 1. The van der Waals surface area contributed by atoms with Gasteiger partial charge in [0.2, 0.25) is 0 Å². The van der Waals surface area contributed by atoms with E-state index >= 15 is 0 Å². The predicted molar refractivity (Wildman–Crippen MR) is 87.6 cm³/mol. The summed E-state index contributed by atoms with van der Waals surface area (Å²) in [5.41, 5.74) is 6.83. The zero-order valence-corrected chi connectivity index (χ0v) is 12.0. The minimum Gasteiger partial charge on any atom is -0.192 e. The van der Waals surface area contributed by atoms with Gasteiger partial charge >= 0.3 is 0 Å². The van der Waals surface area contributed by atoms with Gasteiger partial charge in [-0.1, -0.05) is 49.6 Å². The van der Waals surface area contributed by atoms with Crippen molar-refractivity contribution in [2.45, 2.75) is 18.8 Å². The molecule has 1 heteroatoms. The van der Waals surface area contributed by atoms with E-state index in [9.17, 15) is 0 Å². The summed E-state index contributed by atoms with van der Waals surface area (Å²) in [6.45, 7) is 8.41. The fraction of sp³-hybridized carbons (Fsp3) is 0.150. The van der Waals surface area contributed by atoms with Crippen molar-refractivity contribution in [3.63, 3.8) is 0 Å². The van der Waals surface area contributed by atoms with E-state index in [1.807, 2.05) is 24.3 Å². The smallest absolute Gasteiger partial charge is 0.0991 e.